The van der Waals surface area contributed by atoms with Gasteiger partial charge < -0.3 is 5.32 Å². The van der Waals surface area contributed by atoms with Crippen LogP contribution in [0.2, 0.25) is 0 Å². The third kappa shape index (κ3) is 7.94. The predicted molar refractivity (Wildman–Crippen MR) is 73.0 cm³/mol. The SMILES string of the molecule is CC#CC(/C=C(/C)NCCCC)=C/C=C/C. The van der Waals surface area contributed by atoms with Crippen LogP contribution in [0.25, 0.3) is 0 Å². The molecule has 0 aliphatic carbocycles. The Balaban J connectivity index is 4.44. The van der Waals surface area contributed by atoms with Gasteiger partial charge in [0.05, 0.1) is 0 Å². The topological polar surface area (TPSA) is 12.0 Å². The van der Waals surface area contributed by atoms with Gasteiger partial charge in [-0.15, -0.1) is 5.92 Å². The third-order valence-electron chi connectivity index (χ3n) is 2.04. The van der Waals surface area contributed by atoms with Gasteiger partial charge in [0.15, 0.2) is 0 Å². The fourth-order valence-corrected chi connectivity index (χ4v) is 1.22. The van der Waals surface area contributed by atoms with Crippen molar-refractivity contribution in [1.82, 2.24) is 5.32 Å². The van der Waals surface area contributed by atoms with E-state index >= 15 is 0 Å². The Morgan fingerprint density at radius 1 is 1.38 bits per heavy atom. The lowest BCUT2D eigenvalue weighted by molar-refractivity contribution is 0.710. The van der Waals surface area contributed by atoms with Crippen LogP contribution in [-0.4, -0.2) is 6.54 Å². The zero-order valence-electron chi connectivity index (χ0n) is 10.9. The maximum Gasteiger partial charge on any atom is 0.0262 e. The van der Waals surface area contributed by atoms with E-state index in [1.807, 2.05) is 32.1 Å². The first-order valence-corrected chi connectivity index (χ1v) is 5.92. The molecule has 0 radical (unpaired) electrons. The highest BCUT2D eigenvalue weighted by molar-refractivity contribution is 5.41. The first kappa shape index (κ1) is 14.6. The molecule has 0 bridgehead atoms. The van der Waals surface area contributed by atoms with Crippen molar-refractivity contribution in [2.45, 2.75) is 40.5 Å². The van der Waals surface area contributed by atoms with E-state index in [1.54, 1.807) is 0 Å². The average Bonchev–Trinajstić information content (AvgIpc) is 2.26. The summed E-state index contributed by atoms with van der Waals surface area (Å²) in [6, 6.07) is 0. The van der Waals surface area contributed by atoms with Crippen molar-refractivity contribution < 1.29 is 0 Å². The number of rotatable bonds is 6. The van der Waals surface area contributed by atoms with Crippen molar-refractivity contribution in [2.75, 3.05) is 6.54 Å². The number of unbranched alkanes of at least 4 members (excludes halogenated alkanes) is 1. The molecule has 0 rings (SSSR count). The molecule has 0 spiro atoms. The molecule has 1 nitrogen and oxygen atoms in total. The summed E-state index contributed by atoms with van der Waals surface area (Å²) in [5.74, 6) is 6.01. The van der Waals surface area contributed by atoms with E-state index in [2.05, 4.69) is 37.1 Å². The zero-order valence-corrected chi connectivity index (χ0v) is 10.9. The van der Waals surface area contributed by atoms with Gasteiger partial charge in [0.1, 0.15) is 0 Å². The molecule has 0 aromatic heterocycles. The van der Waals surface area contributed by atoms with E-state index in [4.69, 9.17) is 0 Å². The summed E-state index contributed by atoms with van der Waals surface area (Å²) in [4.78, 5) is 0. The fraction of sp³-hybridized carbons (Fsp3) is 0.467. The molecular weight excluding hydrogens is 194 g/mol. The zero-order chi connectivity index (χ0) is 12.2. The number of nitrogens with one attached hydrogen (secondary N) is 1. The minimum absolute atomic E-state index is 1.04. The third-order valence-corrected chi connectivity index (χ3v) is 2.04. The van der Waals surface area contributed by atoms with Crippen molar-refractivity contribution in [2.24, 2.45) is 0 Å². The molecule has 0 amide bonds. The van der Waals surface area contributed by atoms with Crippen molar-refractivity contribution in [3.8, 4) is 11.8 Å². The molecule has 0 aliphatic heterocycles. The lowest BCUT2D eigenvalue weighted by Gasteiger charge is -2.04. The summed E-state index contributed by atoms with van der Waals surface area (Å²) in [6.07, 6.45) is 10.6. The summed E-state index contributed by atoms with van der Waals surface area (Å²) in [7, 11) is 0. The molecule has 0 saturated heterocycles. The largest absolute Gasteiger partial charge is 0.389 e. The molecule has 0 unspecified atom stereocenters. The van der Waals surface area contributed by atoms with Gasteiger partial charge >= 0.3 is 0 Å². The van der Waals surface area contributed by atoms with E-state index in [0.29, 0.717) is 0 Å². The summed E-state index contributed by atoms with van der Waals surface area (Å²) >= 11 is 0. The van der Waals surface area contributed by atoms with Crippen molar-refractivity contribution >= 4 is 0 Å². The van der Waals surface area contributed by atoms with Gasteiger partial charge in [0, 0.05) is 17.8 Å². The quantitative estimate of drug-likeness (QED) is 0.405. The molecule has 88 valence electrons. The Morgan fingerprint density at radius 2 is 2.12 bits per heavy atom. The van der Waals surface area contributed by atoms with Crippen LogP contribution in [0, 0.1) is 11.8 Å². The van der Waals surface area contributed by atoms with E-state index in [0.717, 1.165) is 12.1 Å². The van der Waals surface area contributed by atoms with Gasteiger partial charge in [-0.05, 0) is 39.3 Å². The van der Waals surface area contributed by atoms with Crippen LogP contribution in [-0.2, 0) is 0 Å². The van der Waals surface area contributed by atoms with Crippen LogP contribution >= 0.6 is 0 Å². The molecule has 0 aromatic rings. The molecule has 0 atom stereocenters. The second-order valence-electron chi connectivity index (χ2n) is 3.63. The van der Waals surface area contributed by atoms with E-state index in [9.17, 15) is 0 Å². The van der Waals surface area contributed by atoms with Crippen LogP contribution in [0.15, 0.2) is 35.6 Å². The minimum atomic E-state index is 1.04. The number of hydrogen-bond acceptors (Lipinski definition) is 1. The number of hydrogen-bond donors (Lipinski definition) is 1. The Hall–Kier alpha value is -1.42. The molecule has 0 fully saturated rings. The average molecular weight is 217 g/mol. The van der Waals surface area contributed by atoms with Gasteiger partial charge in [0.2, 0.25) is 0 Å². The minimum Gasteiger partial charge on any atom is -0.389 e. The second-order valence-corrected chi connectivity index (χ2v) is 3.63. The summed E-state index contributed by atoms with van der Waals surface area (Å²) in [6.45, 7) is 9.17. The smallest absolute Gasteiger partial charge is 0.0262 e. The van der Waals surface area contributed by atoms with Gasteiger partial charge in [-0.1, -0.05) is 31.4 Å². The van der Waals surface area contributed by atoms with Crippen LogP contribution in [0.1, 0.15) is 40.5 Å². The second kappa shape index (κ2) is 10.1. The predicted octanol–water partition coefficient (Wildman–Crippen LogP) is 3.81. The highest BCUT2D eigenvalue weighted by Gasteiger charge is 1.90. The Morgan fingerprint density at radius 3 is 2.69 bits per heavy atom. The summed E-state index contributed by atoms with van der Waals surface area (Å²) in [5.41, 5.74) is 2.22. The fourth-order valence-electron chi connectivity index (χ4n) is 1.22. The van der Waals surface area contributed by atoms with Gasteiger partial charge in [-0.2, -0.15) is 0 Å². The Labute approximate surface area is 100 Å². The van der Waals surface area contributed by atoms with E-state index < -0.39 is 0 Å². The van der Waals surface area contributed by atoms with E-state index in [-0.39, 0.29) is 0 Å². The Bertz CT molecular complexity index is 321. The maximum absolute atomic E-state index is 3.38. The molecule has 0 aliphatic rings. The molecule has 0 saturated carbocycles. The molecule has 1 heteroatoms. The van der Waals surface area contributed by atoms with Crippen molar-refractivity contribution in [3.63, 3.8) is 0 Å². The van der Waals surface area contributed by atoms with Crippen molar-refractivity contribution in [3.05, 3.63) is 35.6 Å². The van der Waals surface area contributed by atoms with E-state index in [1.165, 1.54) is 18.5 Å². The molecule has 16 heavy (non-hydrogen) atoms. The van der Waals surface area contributed by atoms with Crippen LogP contribution in [0.5, 0.6) is 0 Å². The van der Waals surface area contributed by atoms with Crippen LogP contribution in [0.3, 0.4) is 0 Å². The molecule has 1 N–H and O–H groups in total. The van der Waals surface area contributed by atoms with Crippen molar-refractivity contribution in [1.29, 1.82) is 0 Å². The van der Waals surface area contributed by atoms with Gasteiger partial charge in [-0.3, -0.25) is 0 Å². The maximum atomic E-state index is 3.38. The lowest BCUT2D eigenvalue weighted by atomic mass is 10.2. The number of allylic oxidation sites excluding steroid dienone is 6. The monoisotopic (exact) mass is 217 g/mol. The normalized spacial score (nSPS) is 12.5. The highest BCUT2D eigenvalue weighted by atomic mass is 14.9. The van der Waals surface area contributed by atoms with Gasteiger partial charge in [0.25, 0.3) is 0 Å². The molecule has 0 heterocycles. The first-order chi connectivity index (χ1) is 7.74. The standard InChI is InChI=1S/C15H23N/c1-5-8-11-15(10-7-3)13-14(4)16-12-9-6-2/h5,8,11,13,16H,6,9,12H2,1-4H3/b8-5+,14-13-,15-11-. The van der Waals surface area contributed by atoms with Crippen LogP contribution in [0.4, 0.5) is 0 Å². The summed E-state index contributed by atoms with van der Waals surface area (Å²) in [5, 5.41) is 3.38. The Kier molecular flexibility index (Phi) is 9.21. The lowest BCUT2D eigenvalue weighted by Crippen LogP contribution is -2.12. The highest BCUT2D eigenvalue weighted by Crippen LogP contribution is 2.00. The molecular formula is C15H23N. The molecule has 0 aromatic carbocycles. The first-order valence-electron chi connectivity index (χ1n) is 5.92. The van der Waals surface area contributed by atoms with Gasteiger partial charge in [-0.25, -0.2) is 0 Å². The summed E-state index contributed by atoms with van der Waals surface area (Å²) < 4.78 is 0. The van der Waals surface area contributed by atoms with Crippen LogP contribution < -0.4 is 5.32 Å².